The zero-order valence-electron chi connectivity index (χ0n) is 19.2. The SMILES string of the molecule is CCOC(=O)N1CCN(C(=O)C(C)n2cc(NC(=O)C(C)n3cc(C)cn3)c(C)n2)CC1. The molecule has 11 heteroatoms. The quantitative estimate of drug-likeness (QED) is 0.725. The standard InChI is InChI=1S/C21H31N7O4/c1-6-32-21(31)26-9-7-25(8-10-26)20(30)17(5)28-13-18(15(3)24-28)23-19(29)16(4)27-12-14(2)11-22-27/h11-13,16-17H,6-10H2,1-5H3,(H,23,29). The molecule has 0 bridgehead atoms. The molecular weight excluding hydrogens is 414 g/mol. The molecule has 1 saturated heterocycles. The van der Waals surface area contributed by atoms with Gasteiger partial charge in [-0.25, -0.2) is 4.79 Å². The maximum Gasteiger partial charge on any atom is 0.409 e. The van der Waals surface area contributed by atoms with E-state index in [4.69, 9.17) is 4.74 Å². The van der Waals surface area contributed by atoms with Crippen molar-refractivity contribution in [3.63, 3.8) is 0 Å². The van der Waals surface area contributed by atoms with Crippen LogP contribution in [0, 0.1) is 13.8 Å². The number of rotatable bonds is 6. The maximum atomic E-state index is 13.0. The van der Waals surface area contributed by atoms with Crippen LogP contribution in [0.4, 0.5) is 10.5 Å². The Labute approximate surface area is 187 Å². The number of aromatic nitrogens is 4. The van der Waals surface area contributed by atoms with Crippen molar-refractivity contribution in [1.29, 1.82) is 0 Å². The van der Waals surface area contributed by atoms with Crippen LogP contribution in [0.1, 0.15) is 44.1 Å². The Bertz CT molecular complexity index is 975. The molecule has 0 spiro atoms. The molecule has 3 rings (SSSR count). The first-order valence-corrected chi connectivity index (χ1v) is 10.8. The molecule has 11 nitrogen and oxygen atoms in total. The van der Waals surface area contributed by atoms with Crippen LogP contribution >= 0.6 is 0 Å². The largest absolute Gasteiger partial charge is 0.450 e. The van der Waals surface area contributed by atoms with E-state index in [0.717, 1.165) is 5.56 Å². The summed E-state index contributed by atoms with van der Waals surface area (Å²) in [5.74, 6) is -0.306. The molecule has 2 aromatic heterocycles. The summed E-state index contributed by atoms with van der Waals surface area (Å²) >= 11 is 0. The van der Waals surface area contributed by atoms with E-state index in [1.54, 1.807) is 59.3 Å². The van der Waals surface area contributed by atoms with Crippen LogP contribution in [-0.2, 0) is 14.3 Å². The van der Waals surface area contributed by atoms with Crippen molar-refractivity contribution in [2.24, 2.45) is 0 Å². The summed E-state index contributed by atoms with van der Waals surface area (Å²) in [6, 6.07) is -1.03. The third-order valence-corrected chi connectivity index (χ3v) is 5.55. The van der Waals surface area contributed by atoms with Crippen molar-refractivity contribution in [3.8, 4) is 0 Å². The van der Waals surface area contributed by atoms with Crippen LogP contribution in [0.2, 0.25) is 0 Å². The Hall–Kier alpha value is -3.37. The van der Waals surface area contributed by atoms with Gasteiger partial charge in [0.15, 0.2) is 0 Å². The maximum absolute atomic E-state index is 13.0. The van der Waals surface area contributed by atoms with Gasteiger partial charge in [0.2, 0.25) is 11.8 Å². The molecule has 1 aliphatic heterocycles. The Kier molecular flexibility index (Phi) is 7.16. The third-order valence-electron chi connectivity index (χ3n) is 5.55. The second kappa shape index (κ2) is 9.84. The lowest BCUT2D eigenvalue weighted by Gasteiger charge is -2.35. The molecule has 0 radical (unpaired) electrons. The van der Waals surface area contributed by atoms with Crippen LogP contribution in [0.15, 0.2) is 18.6 Å². The van der Waals surface area contributed by atoms with E-state index in [9.17, 15) is 14.4 Å². The van der Waals surface area contributed by atoms with E-state index in [-0.39, 0.29) is 17.9 Å². The molecule has 0 aliphatic carbocycles. The summed E-state index contributed by atoms with van der Waals surface area (Å²) in [4.78, 5) is 40.8. The van der Waals surface area contributed by atoms with Crippen molar-refractivity contribution < 1.29 is 19.1 Å². The Balaban J connectivity index is 1.60. The van der Waals surface area contributed by atoms with Crippen molar-refractivity contribution >= 4 is 23.6 Å². The third kappa shape index (κ3) is 5.09. The second-order valence-electron chi connectivity index (χ2n) is 7.96. The van der Waals surface area contributed by atoms with Crippen LogP contribution < -0.4 is 5.32 Å². The van der Waals surface area contributed by atoms with Crippen LogP contribution in [0.3, 0.4) is 0 Å². The lowest BCUT2D eigenvalue weighted by Crippen LogP contribution is -2.52. The molecule has 32 heavy (non-hydrogen) atoms. The topological polar surface area (TPSA) is 115 Å². The number of ether oxygens (including phenoxy) is 1. The number of nitrogens with one attached hydrogen (secondary N) is 1. The molecule has 174 valence electrons. The van der Waals surface area contributed by atoms with Gasteiger partial charge >= 0.3 is 6.09 Å². The van der Waals surface area contributed by atoms with E-state index in [1.165, 1.54) is 0 Å². The van der Waals surface area contributed by atoms with E-state index in [0.29, 0.717) is 44.2 Å². The first kappa shape index (κ1) is 23.3. The Morgan fingerprint density at radius 2 is 1.69 bits per heavy atom. The van der Waals surface area contributed by atoms with Gasteiger partial charge in [0, 0.05) is 38.6 Å². The number of hydrogen-bond acceptors (Lipinski definition) is 6. The summed E-state index contributed by atoms with van der Waals surface area (Å²) in [5, 5.41) is 11.5. The molecule has 1 aliphatic rings. The zero-order chi connectivity index (χ0) is 23.4. The lowest BCUT2D eigenvalue weighted by molar-refractivity contribution is -0.136. The highest BCUT2D eigenvalue weighted by molar-refractivity contribution is 5.93. The van der Waals surface area contributed by atoms with Gasteiger partial charge in [-0.15, -0.1) is 0 Å². The van der Waals surface area contributed by atoms with Gasteiger partial charge in [-0.3, -0.25) is 19.0 Å². The predicted molar refractivity (Wildman–Crippen MR) is 117 cm³/mol. The summed E-state index contributed by atoms with van der Waals surface area (Å²) in [7, 11) is 0. The fraction of sp³-hybridized carbons (Fsp3) is 0.571. The van der Waals surface area contributed by atoms with Gasteiger partial charge in [0.05, 0.1) is 24.2 Å². The first-order valence-electron chi connectivity index (χ1n) is 10.8. The number of amides is 3. The minimum absolute atomic E-state index is 0.0886. The number of aryl methyl sites for hydroxylation is 2. The molecule has 2 aromatic rings. The monoisotopic (exact) mass is 445 g/mol. The van der Waals surface area contributed by atoms with Gasteiger partial charge in [-0.1, -0.05) is 0 Å². The minimum Gasteiger partial charge on any atom is -0.450 e. The fourth-order valence-electron chi connectivity index (χ4n) is 3.51. The van der Waals surface area contributed by atoms with Crippen molar-refractivity contribution in [3.05, 3.63) is 29.8 Å². The summed E-state index contributed by atoms with van der Waals surface area (Å²) in [5.41, 5.74) is 2.15. The predicted octanol–water partition coefficient (Wildman–Crippen LogP) is 1.76. The van der Waals surface area contributed by atoms with Gasteiger partial charge < -0.3 is 19.9 Å². The lowest BCUT2D eigenvalue weighted by atomic mass is 10.2. The second-order valence-corrected chi connectivity index (χ2v) is 7.96. The molecule has 1 N–H and O–H groups in total. The zero-order valence-corrected chi connectivity index (χ0v) is 19.2. The molecular formula is C21H31N7O4. The van der Waals surface area contributed by atoms with Gasteiger partial charge in [0.25, 0.3) is 0 Å². The van der Waals surface area contributed by atoms with E-state index < -0.39 is 12.1 Å². The normalized spacial score (nSPS) is 15.9. The number of carbonyl (C=O) groups is 3. The molecule has 3 heterocycles. The Morgan fingerprint density at radius 1 is 1.03 bits per heavy atom. The first-order chi connectivity index (χ1) is 15.2. The molecule has 2 unspecified atom stereocenters. The van der Waals surface area contributed by atoms with Crippen molar-refractivity contribution in [2.45, 2.75) is 46.7 Å². The molecule has 3 amide bonds. The summed E-state index contributed by atoms with van der Waals surface area (Å²) in [6.45, 7) is 11.1. The number of nitrogens with zero attached hydrogens (tertiary/aromatic N) is 6. The van der Waals surface area contributed by atoms with E-state index >= 15 is 0 Å². The average molecular weight is 446 g/mol. The number of hydrogen-bond donors (Lipinski definition) is 1. The van der Waals surface area contributed by atoms with E-state index in [2.05, 4.69) is 15.5 Å². The Morgan fingerprint density at radius 3 is 2.28 bits per heavy atom. The van der Waals surface area contributed by atoms with Crippen LogP contribution in [0.5, 0.6) is 0 Å². The van der Waals surface area contributed by atoms with Crippen LogP contribution in [0.25, 0.3) is 0 Å². The van der Waals surface area contributed by atoms with Gasteiger partial charge in [-0.05, 0) is 40.2 Å². The highest BCUT2D eigenvalue weighted by atomic mass is 16.6. The van der Waals surface area contributed by atoms with Crippen molar-refractivity contribution in [1.82, 2.24) is 29.4 Å². The van der Waals surface area contributed by atoms with Crippen LogP contribution in [-0.4, -0.2) is 80.1 Å². The molecule has 0 saturated carbocycles. The number of carbonyl (C=O) groups excluding carboxylic acids is 3. The number of anilines is 1. The smallest absolute Gasteiger partial charge is 0.409 e. The van der Waals surface area contributed by atoms with Crippen molar-refractivity contribution in [2.75, 3.05) is 38.1 Å². The minimum atomic E-state index is -0.542. The van der Waals surface area contributed by atoms with E-state index in [1.807, 2.05) is 13.1 Å². The highest BCUT2D eigenvalue weighted by Gasteiger charge is 2.29. The van der Waals surface area contributed by atoms with Gasteiger partial charge in [0.1, 0.15) is 12.1 Å². The van der Waals surface area contributed by atoms with Gasteiger partial charge in [-0.2, -0.15) is 10.2 Å². The average Bonchev–Trinajstić information content (AvgIpc) is 3.38. The highest BCUT2D eigenvalue weighted by Crippen LogP contribution is 2.20. The molecule has 0 aromatic carbocycles. The molecule has 2 atom stereocenters. The number of piperazine rings is 1. The molecule has 1 fully saturated rings. The summed E-state index contributed by atoms with van der Waals surface area (Å²) in [6.07, 6.45) is 4.83. The summed E-state index contributed by atoms with van der Waals surface area (Å²) < 4.78 is 8.18. The fourth-order valence-corrected chi connectivity index (χ4v) is 3.51.